The number of phenols is 1. The number of methoxy groups -OCH3 is 1. The monoisotopic (exact) mass is 248 g/mol. The molecule has 2 aromatic rings. The molecule has 0 saturated heterocycles. The van der Waals surface area contributed by atoms with Crippen molar-refractivity contribution in [1.29, 1.82) is 0 Å². The molecule has 0 radical (unpaired) electrons. The van der Waals surface area contributed by atoms with E-state index in [0.29, 0.717) is 5.02 Å². The molecule has 0 aromatic heterocycles. The first kappa shape index (κ1) is 11.8. The van der Waals surface area contributed by atoms with Gasteiger partial charge in [0.25, 0.3) is 0 Å². The van der Waals surface area contributed by atoms with Crippen LogP contribution in [0, 0.1) is 6.92 Å². The van der Waals surface area contributed by atoms with Crippen molar-refractivity contribution in [3.8, 4) is 22.6 Å². The van der Waals surface area contributed by atoms with E-state index in [-0.39, 0.29) is 5.75 Å². The van der Waals surface area contributed by atoms with Gasteiger partial charge in [0.15, 0.2) is 0 Å². The Labute approximate surface area is 105 Å². The Bertz CT molecular complexity index is 550. The van der Waals surface area contributed by atoms with Crippen LogP contribution in [-0.4, -0.2) is 12.2 Å². The van der Waals surface area contributed by atoms with Gasteiger partial charge < -0.3 is 9.84 Å². The summed E-state index contributed by atoms with van der Waals surface area (Å²) in [7, 11) is 1.63. The van der Waals surface area contributed by atoms with E-state index in [9.17, 15) is 5.11 Å². The lowest BCUT2D eigenvalue weighted by atomic mass is 10.0. The summed E-state index contributed by atoms with van der Waals surface area (Å²) in [6.07, 6.45) is 0. The molecule has 0 heterocycles. The first-order chi connectivity index (χ1) is 8.11. The maximum atomic E-state index is 9.62. The number of rotatable bonds is 2. The van der Waals surface area contributed by atoms with E-state index in [1.807, 2.05) is 31.2 Å². The van der Waals surface area contributed by atoms with Crippen LogP contribution in [-0.2, 0) is 0 Å². The third-order valence-electron chi connectivity index (χ3n) is 2.61. The summed E-state index contributed by atoms with van der Waals surface area (Å²) >= 11 is 5.79. The zero-order valence-corrected chi connectivity index (χ0v) is 10.5. The zero-order chi connectivity index (χ0) is 12.4. The summed E-state index contributed by atoms with van der Waals surface area (Å²) in [5, 5.41) is 9.97. The predicted octanol–water partition coefficient (Wildman–Crippen LogP) is 4.03. The smallest absolute Gasteiger partial charge is 0.134 e. The topological polar surface area (TPSA) is 29.5 Å². The summed E-state index contributed by atoms with van der Waals surface area (Å²) < 4.78 is 5.31. The number of aromatic hydroxyl groups is 1. The van der Waals surface area contributed by atoms with Crippen molar-refractivity contribution in [2.75, 3.05) is 7.11 Å². The largest absolute Gasteiger partial charge is 0.506 e. The number of hydrogen-bond donors (Lipinski definition) is 1. The van der Waals surface area contributed by atoms with E-state index < -0.39 is 0 Å². The maximum absolute atomic E-state index is 9.62. The molecule has 0 unspecified atom stereocenters. The summed E-state index contributed by atoms with van der Waals surface area (Å²) in [5.41, 5.74) is 2.96. The number of hydrogen-bond acceptors (Lipinski definition) is 2. The van der Waals surface area contributed by atoms with Crippen LogP contribution in [0.5, 0.6) is 11.5 Å². The molecule has 2 nitrogen and oxygen atoms in total. The Morgan fingerprint density at radius 3 is 2.53 bits per heavy atom. The molecule has 0 bridgehead atoms. The second kappa shape index (κ2) is 4.68. The Kier molecular flexibility index (Phi) is 3.25. The first-order valence-corrected chi connectivity index (χ1v) is 5.63. The highest BCUT2D eigenvalue weighted by molar-refractivity contribution is 6.32. The van der Waals surface area contributed by atoms with Crippen molar-refractivity contribution in [2.24, 2.45) is 0 Å². The molecule has 2 aromatic carbocycles. The van der Waals surface area contributed by atoms with Gasteiger partial charge >= 0.3 is 0 Å². The fourth-order valence-electron chi connectivity index (χ4n) is 1.73. The molecule has 0 aliphatic carbocycles. The lowest BCUT2D eigenvalue weighted by Crippen LogP contribution is -1.88. The number of ether oxygens (including phenoxy) is 1. The van der Waals surface area contributed by atoms with E-state index in [2.05, 4.69) is 0 Å². The summed E-state index contributed by atoms with van der Waals surface area (Å²) in [6.45, 7) is 2.01. The fraction of sp³-hybridized carbons (Fsp3) is 0.143. The van der Waals surface area contributed by atoms with Gasteiger partial charge in [-0.15, -0.1) is 0 Å². The Balaban J connectivity index is 2.58. The first-order valence-electron chi connectivity index (χ1n) is 5.25. The van der Waals surface area contributed by atoms with Crippen LogP contribution >= 0.6 is 11.6 Å². The number of benzene rings is 2. The summed E-state index contributed by atoms with van der Waals surface area (Å²) in [4.78, 5) is 0. The Morgan fingerprint density at radius 2 is 1.88 bits per heavy atom. The highest BCUT2D eigenvalue weighted by Gasteiger charge is 2.08. The van der Waals surface area contributed by atoms with Crippen LogP contribution in [0.2, 0.25) is 5.02 Å². The van der Waals surface area contributed by atoms with Crippen LogP contribution in [0.3, 0.4) is 0 Å². The molecule has 88 valence electrons. The number of phenolic OH excluding ortho intramolecular Hbond substituents is 1. The summed E-state index contributed by atoms with van der Waals surface area (Å²) in [6, 6.07) is 11.1. The molecule has 0 aliphatic heterocycles. The number of aryl methyl sites for hydroxylation is 1. The average Bonchev–Trinajstić information content (AvgIpc) is 2.32. The minimum atomic E-state index is 0.0766. The molecule has 0 spiro atoms. The quantitative estimate of drug-likeness (QED) is 0.870. The molecule has 0 aliphatic rings. The Morgan fingerprint density at radius 1 is 1.12 bits per heavy atom. The van der Waals surface area contributed by atoms with Gasteiger partial charge in [0.2, 0.25) is 0 Å². The van der Waals surface area contributed by atoms with Gasteiger partial charge in [-0.2, -0.15) is 0 Å². The lowest BCUT2D eigenvalue weighted by molar-refractivity contribution is 0.416. The minimum Gasteiger partial charge on any atom is -0.506 e. The standard InChI is InChI=1S/C14H13ClO2/c1-9-3-6-14(17-2)11(7-9)10-4-5-12(15)13(16)8-10/h3-8,16H,1-2H3. The SMILES string of the molecule is COc1ccc(C)cc1-c1ccc(Cl)c(O)c1. The number of halogens is 1. The molecule has 2 rings (SSSR count). The molecular formula is C14H13ClO2. The van der Waals surface area contributed by atoms with Crippen molar-refractivity contribution in [3.05, 3.63) is 47.0 Å². The van der Waals surface area contributed by atoms with Gasteiger partial charge in [0.1, 0.15) is 11.5 Å². The second-order valence-electron chi connectivity index (χ2n) is 3.87. The minimum absolute atomic E-state index is 0.0766. The fourth-order valence-corrected chi connectivity index (χ4v) is 1.85. The van der Waals surface area contributed by atoms with Crippen molar-refractivity contribution in [3.63, 3.8) is 0 Å². The van der Waals surface area contributed by atoms with Crippen LogP contribution < -0.4 is 4.74 Å². The maximum Gasteiger partial charge on any atom is 0.134 e. The van der Waals surface area contributed by atoms with E-state index in [1.165, 1.54) is 0 Å². The van der Waals surface area contributed by atoms with Crippen molar-refractivity contribution >= 4 is 11.6 Å². The van der Waals surface area contributed by atoms with Crippen molar-refractivity contribution in [1.82, 2.24) is 0 Å². The van der Waals surface area contributed by atoms with Gasteiger partial charge in [-0.1, -0.05) is 29.3 Å². The van der Waals surface area contributed by atoms with Gasteiger partial charge in [0.05, 0.1) is 12.1 Å². The summed E-state index contributed by atoms with van der Waals surface area (Å²) in [5.74, 6) is 0.852. The second-order valence-corrected chi connectivity index (χ2v) is 4.28. The van der Waals surface area contributed by atoms with Crippen molar-refractivity contribution < 1.29 is 9.84 Å². The molecule has 0 atom stereocenters. The average molecular weight is 249 g/mol. The molecular weight excluding hydrogens is 236 g/mol. The van der Waals surface area contributed by atoms with Gasteiger partial charge in [-0.05, 0) is 36.8 Å². The van der Waals surface area contributed by atoms with E-state index >= 15 is 0 Å². The molecule has 3 heteroatoms. The third-order valence-corrected chi connectivity index (χ3v) is 2.93. The molecule has 0 saturated carbocycles. The van der Waals surface area contributed by atoms with Gasteiger partial charge in [-0.25, -0.2) is 0 Å². The molecule has 17 heavy (non-hydrogen) atoms. The van der Waals surface area contributed by atoms with E-state index in [4.69, 9.17) is 16.3 Å². The van der Waals surface area contributed by atoms with Gasteiger partial charge in [-0.3, -0.25) is 0 Å². The highest BCUT2D eigenvalue weighted by Crippen LogP contribution is 2.35. The van der Waals surface area contributed by atoms with Crippen molar-refractivity contribution in [2.45, 2.75) is 6.92 Å². The Hall–Kier alpha value is -1.67. The highest BCUT2D eigenvalue weighted by atomic mass is 35.5. The van der Waals surface area contributed by atoms with E-state index in [1.54, 1.807) is 19.2 Å². The molecule has 0 fully saturated rings. The van der Waals surface area contributed by atoms with Crippen LogP contribution in [0.4, 0.5) is 0 Å². The van der Waals surface area contributed by atoms with Crippen LogP contribution in [0.25, 0.3) is 11.1 Å². The normalized spacial score (nSPS) is 10.3. The van der Waals surface area contributed by atoms with E-state index in [0.717, 1.165) is 22.4 Å². The van der Waals surface area contributed by atoms with Crippen LogP contribution in [0.15, 0.2) is 36.4 Å². The van der Waals surface area contributed by atoms with Crippen LogP contribution in [0.1, 0.15) is 5.56 Å². The third kappa shape index (κ3) is 2.37. The van der Waals surface area contributed by atoms with Gasteiger partial charge in [0, 0.05) is 5.56 Å². The lowest BCUT2D eigenvalue weighted by Gasteiger charge is -2.10. The molecule has 0 amide bonds. The zero-order valence-electron chi connectivity index (χ0n) is 9.70. The predicted molar refractivity (Wildman–Crippen MR) is 69.8 cm³/mol. The molecule has 1 N–H and O–H groups in total.